The monoisotopic (exact) mass is 322 g/mol. The number of benzene rings is 2. The van der Waals surface area contributed by atoms with Crippen molar-refractivity contribution in [2.24, 2.45) is 5.73 Å². The van der Waals surface area contributed by atoms with Crippen LogP contribution in [0.25, 0.3) is 0 Å². The van der Waals surface area contributed by atoms with E-state index < -0.39 is 5.82 Å². The van der Waals surface area contributed by atoms with Gasteiger partial charge >= 0.3 is 0 Å². The van der Waals surface area contributed by atoms with Crippen molar-refractivity contribution in [2.75, 3.05) is 0 Å². The molecular weight excluding hydrogens is 311 g/mol. The molecule has 3 N–H and O–H groups in total. The Bertz CT molecular complexity index is 643. The van der Waals surface area contributed by atoms with Crippen LogP contribution in [0.2, 0.25) is 0 Å². The van der Waals surface area contributed by atoms with Gasteiger partial charge in [-0.2, -0.15) is 0 Å². The first-order valence-corrected chi connectivity index (χ1v) is 6.35. The summed E-state index contributed by atoms with van der Waals surface area (Å²) < 4.78 is 19.8. The molecule has 3 nitrogen and oxygen atoms in total. The summed E-state index contributed by atoms with van der Waals surface area (Å²) in [5.41, 5.74) is 6.81. The van der Waals surface area contributed by atoms with Crippen molar-refractivity contribution in [1.82, 2.24) is 0 Å². The van der Waals surface area contributed by atoms with Crippen molar-refractivity contribution in [3.63, 3.8) is 0 Å². The lowest BCUT2D eigenvalue weighted by atomic mass is 10.2. The van der Waals surface area contributed by atoms with Gasteiger partial charge in [-0.1, -0.05) is 12.1 Å². The molecular formula is C14H12BrFN2O. The van der Waals surface area contributed by atoms with E-state index in [1.165, 1.54) is 6.07 Å². The highest BCUT2D eigenvalue weighted by atomic mass is 79.9. The first-order chi connectivity index (χ1) is 8.99. The average Bonchev–Trinajstić information content (AvgIpc) is 2.33. The Morgan fingerprint density at radius 3 is 2.68 bits per heavy atom. The molecule has 0 spiro atoms. The Morgan fingerprint density at radius 1 is 1.26 bits per heavy atom. The zero-order valence-corrected chi connectivity index (χ0v) is 11.8. The van der Waals surface area contributed by atoms with Crippen LogP contribution in [0.5, 0.6) is 11.5 Å². The fourth-order valence-corrected chi connectivity index (χ4v) is 2.22. The predicted molar refractivity (Wildman–Crippen MR) is 76.4 cm³/mol. The van der Waals surface area contributed by atoms with Crippen molar-refractivity contribution in [1.29, 1.82) is 5.41 Å². The second kappa shape index (κ2) is 5.40. The third-order valence-electron chi connectivity index (χ3n) is 2.55. The molecule has 0 radical (unpaired) electrons. The van der Waals surface area contributed by atoms with Crippen LogP contribution in [0.4, 0.5) is 4.39 Å². The number of nitrogen functional groups attached to an aromatic ring is 1. The Balaban J connectivity index is 2.46. The van der Waals surface area contributed by atoms with Crippen LogP contribution in [-0.4, -0.2) is 5.84 Å². The summed E-state index contributed by atoms with van der Waals surface area (Å²) in [5, 5.41) is 7.55. The van der Waals surface area contributed by atoms with Gasteiger partial charge in [-0.05, 0) is 52.7 Å². The molecule has 0 aliphatic rings. The predicted octanol–water partition coefficient (Wildman–Crippen LogP) is 3.97. The van der Waals surface area contributed by atoms with E-state index in [1.807, 2.05) is 6.92 Å². The molecule has 2 rings (SSSR count). The average molecular weight is 323 g/mol. The van der Waals surface area contributed by atoms with Gasteiger partial charge in [0.15, 0.2) is 11.6 Å². The third-order valence-corrected chi connectivity index (χ3v) is 3.21. The summed E-state index contributed by atoms with van der Waals surface area (Å²) in [6, 6.07) is 9.73. The van der Waals surface area contributed by atoms with Crippen molar-refractivity contribution >= 4 is 21.8 Å². The number of amidine groups is 1. The van der Waals surface area contributed by atoms with Gasteiger partial charge in [0.1, 0.15) is 11.6 Å². The minimum atomic E-state index is -0.458. The van der Waals surface area contributed by atoms with E-state index in [-0.39, 0.29) is 11.6 Å². The summed E-state index contributed by atoms with van der Waals surface area (Å²) in [5.74, 6) is -0.150. The van der Waals surface area contributed by atoms with Gasteiger partial charge < -0.3 is 10.5 Å². The quantitative estimate of drug-likeness (QED) is 0.663. The smallest absolute Gasteiger partial charge is 0.165 e. The number of nitrogens with two attached hydrogens (primary N) is 1. The summed E-state index contributed by atoms with van der Waals surface area (Å²) in [7, 11) is 0. The first kappa shape index (κ1) is 13.5. The number of aryl methyl sites for hydroxylation is 1. The van der Waals surface area contributed by atoms with Crippen LogP contribution in [0.15, 0.2) is 40.9 Å². The Kier molecular flexibility index (Phi) is 3.85. The normalized spacial score (nSPS) is 10.3. The number of hydrogen-bond acceptors (Lipinski definition) is 2. The second-order valence-electron chi connectivity index (χ2n) is 4.06. The van der Waals surface area contributed by atoms with Crippen molar-refractivity contribution in [2.45, 2.75) is 6.92 Å². The second-order valence-corrected chi connectivity index (χ2v) is 4.92. The Hall–Kier alpha value is -1.88. The highest BCUT2D eigenvalue weighted by Gasteiger charge is 2.13. The van der Waals surface area contributed by atoms with E-state index in [4.69, 9.17) is 15.9 Å². The molecule has 19 heavy (non-hydrogen) atoms. The number of nitrogens with one attached hydrogen (secondary N) is 1. The minimum absolute atomic E-state index is 0.112. The molecule has 0 aliphatic heterocycles. The maximum Gasteiger partial charge on any atom is 0.165 e. The van der Waals surface area contributed by atoms with Gasteiger partial charge in [0.2, 0.25) is 0 Å². The van der Waals surface area contributed by atoms with E-state index in [0.29, 0.717) is 15.8 Å². The zero-order chi connectivity index (χ0) is 14.0. The van der Waals surface area contributed by atoms with Gasteiger partial charge in [-0.15, -0.1) is 0 Å². The molecule has 0 fully saturated rings. The van der Waals surface area contributed by atoms with Gasteiger partial charge in [0.05, 0.1) is 5.56 Å². The molecule has 0 saturated heterocycles. The fraction of sp³-hybridized carbons (Fsp3) is 0.0714. The van der Waals surface area contributed by atoms with Crippen molar-refractivity contribution in [3.05, 3.63) is 57.8 Å². The lowest BCUT2D eigenvalue weighted by Gasteiger charge is -2.12. The molecule has 0 aromatic heterocycles. The summed E-state index contributed by atoms with van der Waals surface area (Å²) in [4.78, 5) is 0. The molecule has 0 amide bonds. The topological polar surface area (TPSA) is 59.1 Å². The van der Waals surface area contributed by atoms with E-state index >= 15 is 0 Å². The number of ether oxygens (including phenoxy) is 1. The van der Waals surface area contributed by atoms with E-state index in [1.54, 1.807) is 30.3 Å². The SMILES string of the molecule is Cc1ccc(F)c(Oc2cccc(Br)c2C(=N)N)c1. The summed E-state index contributed by atoms with van der Waals surface area (Å²) in [6.45, 7) is 1.85. The molecule has 98 valence electrons. The molecule has 0 bridgehead atoms. The molecule has 5 heteroatoms. The number of hydrogen-bond donors (Lipinski definition) is 2. The van der Waals surface area contributed by atoms with Crippen LogP contribution in [0, 0.1) is 18.2 Å². The highest BCUT2D eigenvalue weighted by Crippen LogP contribution is 2.31. The summed E-state index contributed by atoms with van der Waals surface area (Å²) in [6.07, 6.45) is 0. The van der Waals surface area contributed by atoms with Gasteiger partial charge in [-0.25, -0.2) is 4.39 Å². The van der Waals surface area contributed by atoms with Crippen LogP contribution in [0.3, 0.4) is 0 Å². The van der Waals surface area contributed by atoms with Crippen LogP contribution in [0.1, 0.15) is 11.1 Å². The Labute approximate surface area is 118 Å². The minimum Gasteiger partial charge on any atom is -0.453 e. The lowest BCUT2D eigenvalue weighted by molar-refractivity contribution is 0.440. The first-order valence-electron chi connectivity index (χ1n) is 5.56. The maximum absolute atomic E-state index is 13.7. The highest BCUT2D eigenvalue weighted by molar-refractivity contribution is 9.10. The molecule has 2 aromatic rings. The van der Waals surface area contributed by atoms with Gasteiger partial charge in [0, 0.05) is 4.47 Å². The maximum atomic E-state index is 13.7. The summed E-state index contributed by atoms with van der Waals surface area (Å²) >= 11 is 3.30. The standard InChI is InChI=1S/C14H12BrFN2O/c1-8-5-6-10(16)12(7-8)19-11-4-2-3-9(15)13(11)14(17)18/h2-7H,1H3,(H3,17,18). The molecule has 0 heterocycles. The molecule has 0 unspecified atom stereocenters. The van der Waals surface area contributed by atoms with Crippen molar-refractivity contribution in [3.8, 4) is 11.5 Å². The molecule has 0 saturated carbocycles. The molecule has 0 aliphatic carbocycles. The third kappa shape index (κ3) is 2.93. The van der Waals surface area contributed by atoms with E-state index in [0.717, 1.165) is 5.56 Å². The van der Waals surface area contributed by atoms with Crippen LogP contribution in [-0.2, 0) is 0 Å². The van der Waals surface area contributed by atoms with E-state index in [2.05, 4.69) is 15.9 Å². The van der Waals surface area contributed by atoms with E-state index in [9.17, 15) is 4.39 Å². The van der Waals surface area contributed by atoms with Crippen molar-refractivity contribution < 1.29 is 9.13 Å². The fourth-order valence-electron chi connectivity index (χ4n) is 1.66. The molecule has 2 aromatic carbocycles. The van der Waals surface area contributed by atoms with Crippen LogP contribution < -0.4 is 10.5 Å². The van der Waals surface area contributed by atoms with Crippen LogP contribution >= 0.6 is 15.9 Å². The molecule has 0 atom stereocenters. The number of rotatable bonds is 3. The number of halogens is 2. The largest absolute Gasteiger partial charge is 0.453 e. The zero-order valence-electron chi connectivity index (χ0n) is 10.2. The Morgan fingerprint density at radius 2 is 2.00 bits per heavy atom. The van der Waals surface area contributed by atoms with Gasteiger partial charge in [-0.3, -0.25) is 5.41 Å². The van der Waals surface area contributed by atoms with Gasteiger partial charge in [0.25, 0.3) is 0 Å². The lowest BCUT2D eigenvalue weighted by Crippen LogP contribution is -2.13.